The number of fused-ring (bicyclic) bond motifs is 1. The largest absolute Gasteiger partial charge is 0.380 e. The van der Waals surface area contributed by atoms with Gasteiger partial charge in [0.15, 0.2) is 5.43 Å². The number of aromatic nitrogens is 1. The Morgan fingerprint density at radius 1 is 1.45 bits per heavy atom. The fourth-order valence-corrected chi connectivity index (χ4v) is 2.91. The predicted octanol–water partition coefficient (Wildman–Crippen LogP) is 0.848. The summed E-state index contributed by atoms with van der Waals surface area (Å²) in [6.07, 6.45) is 1.28. The van der Waals surface area contributed by atoms with E-state index in [0.717, 1.165) is 30.7 Å². The van der Waals surface area contributed by atoms with Crippen LogP contribution in [0.15, 0.2) is 29.1 Å². The molecule has 1 amide bonds. The summed E-state index contributed by atoms with van der Waals surface area (Å²) in [5.74, 6) is -0.534. The standard InChI is InChI=1S/C16H19N3O3/c1-22-12-4-5-19(9-12)8-11-7-15(20)13-6-10(16(17)21)2-3-14(13)18-11/h2-3,6-7,12H,4-5,8-9H2,1H3,(H2,17,21)(H,18,20)/t12-/m0/s1. The van der Waals surface area contributed by atoms with Gasteiger partial charge in [-0.15, -0.1) is 0 Å². The number of benzene rings is 1. The highest BCUT2D eigenvalue weighted by molar-refractivity contribution is 5.96. The normalized spacial score (nSPS) is 18.9. The summed E-state index contributed by atoms with van der Waals surface area (Å²) < 4.78 is 5.35. The summed E-state index contributed by atoms with van der Waals surface area (Å²) in [5, 5.41) is 0.483. The van der Waals surface area contributed by atoms with E-state index in [2.05, 4.69) is 9.88 Å². The van der Waals surface area contributed by atoms with E-state index in [1.165, 1.54) is 6.07 Å². The molecule has 1 aromatic carbocycles. The number of carbonyl (C=O) groups is 1. The third-order valence-corrected chi connectivity index (χ3v) is 4.13. The SMILES string of the molecule is CO[C@H]1CCN(Cc2cc(=O)c3cc(C(N)=O)ccc3[nH]2)C1. The molecule has 0 aliphatic carbocycles. The molecule has 0 radical (unpaired) electrons. The van der Waals surface area contributed by atoms with Crippen molar-refractivity contribution in [2.75, 3.05) is 20.2 Å². The van der Waals surface area contributed by atoms with Crippen molar-refractivity contribution in [1.29, 1.82) is 0 Å². The summed E-state index contributed by atoms with van der Waals surface area (Å²) in [6.45, 7) is 2.51. The molecule has 2 heterocycles. The number of rotatable bonds is 4. The van der Waals surface area contributed by atoms with Gasteiger partial charge in [-0.2, -0.15) is 0 Å². The van der Waals surface area contributed by atoms with Crippen molar-refractivity contribution in [2.24, 2.45) is 5.73 Å². The Morgan fingerprint density at radius 3 is 2.95 bits per heavy atom. The van der Waals surface area contributed by atoms with Gasteiger partial charge in [0.2, 0.25) is 5.91 Å². The van der Waals surface area contributed by atoms with E-state index >= 15 is 0 Å². The fourth-order valence-electron chi connectivity index (χ4n) is 2.91. The van der Waals surface area contributed by atoms with Gasteiger partial charge in [0, 0.05) is 55.0 Å². The molecule has 0 bridgehead atoms. The molecule has 6 nitrogen and oxygen atoms in total. The van der Waals surface area contributed by atoms with Crippen molar-refractivity contribution in [3.63, 3.8) is 0 Å². The Bertz CT molecular complexity index is 769. The number of likely N-dealkylation sites (tertiary alicyclic amines) is 1. The van der Waals surface area contributed by atoms with Gasteiger partial charge < -0.3 is 15.5 Å². The molecule has 22 heavy (non-hydrogen) atoms. The monoisotopic (exact) mass is 301 g/mol. The first kappa shape index (κ1) is 14.7. The minimum atomic E-state index is -0.534. The van der Waals surface area contributed by atoms with Gasteiger partial charge in [0.25, 0.3) is 0 Å². The molecule has 116 valence electrons. The van der Waals surface area contributed by atoms with E-state index in [-0.39, 0.29) is 11.5 Å². The first-order valence-corrected chi connectivity index (χ1v) is 7.27. The van der Waals surface area contributed by atoms with Crippen LogP contribution in [0.3, 0.4) is 0 Å². The van der Waals surface area contributed by atoms with E-state index in [1.54, 1.807) is 25.3 Å². The number of H-pyrrole nitrogens is 1. The zero-order chi connectivity index (χ0) is 15.7. The second kappa shape index (κ2) is 5.90. The van der Waals surface area contributed by atoms with Crippen molar-refractivity contribution < 1.29 is 9.53 Å². The molecule has 6 heteroatoms. The maximum atomic E-state index is 12.3. The second-order valence-electron chi connectivity index (χ2n) is 5.66. The summed E-state index contributed by atoms with van der Waals surface area (Å²) in [6, 6.07) is 6.48. The molecular formula is C16H19N3O3. The first-order chi connectivity index (χ1) is 10.6. The Hall–Kier alpha value is -2.18. The third-order valence-electron chi connectivity index (χ3n) is 4.13. The number of nitrogens with zero attached hydrogens (tertiary/aromatic N) is 1. The highest BCUT2D eigenvalue weighted by Crippen LogP contribution is 2.16. The number of aromatic amines is 1. The lowest BCUT2D eigenvalue weighted by Crippen LogP contribution is -2.23. The number of hydrogen-bond donors (Lipinski definition) is 2. The van der Waals surface area contributed by atoms with Crippen LogP contribution in [0, 0.1) is 0 Å². The van der Waals surface area contributed by atoms with Crippen molar-refractivity contribution in [3.8, 4) is 0 Å². The smallest absolute Gasteiger partial charge is 0.248 e. The minimum absolute atomic E-state index is 0.102. The zero-order valence-electron chi connectivity index (χ0n) is 12.5. The molecule has 1 aliphatic rings. The Labute approximate surface area is 127 Å². The Balaban J connectivity index is 1.88. The van der Waals surface area contributed by atoms with Crippen molar-refractivity contribution >= 4 is 16.8 Å². The molecular weight excluding hydrogens is 282 g/mol. The van der Waals surface area contributed by atoms with Crippen LogP contribution in [0.5, 0.6) is 0 Å². The van der Waals surface area contributed by atoms with Gasteiger partial charge >= 0.3 is 0 Å². The van der Waals surface area contributed by atoms with Crippen LogP contribution in [-0.4, -0.2) is 42.1 Å². The van der Waals surface area contributed by atoms with Crippen molar-refractivity contribution in [1.82, 2.24) is 9.88 Å². The highest BCUT2D eigenvalue weighted by atomic mass is 16.5. The maximum absolute atomic E-state index is 12.3. The minimum Gasteiger partial charge on any atom is -0.380 e. The Morgan fingerprint density at radius 2 is 2.27 bits per heavy atom. The molecule has 2 aromatic rings. The van der Waals surface area contributed by atoms with Crippen LogP contribution in [0.25, 0.3) is 10.9 Å². The van der Waals surface area contributed by atoms with Gasteiger partial charge in [-0.3, -0.25) is 14.5 Å². The predicted molar refractivity (Wildman–Crippen MR) is 83.8 cm³/mol. The quantitative estimate of drug-likeness (QED) is 0.876. The molecule has 1 aliphatic heterocycles. The van der Waals surface area contributed by atoms with Crippen LogP contribution < -0.4 is 11.2 Å². The molecule has 1 atom stereocenters. The molecule has 0 saturated carbocycles. The van der Waals surface area contributed by atoms with E-state index in [4.69, 9.17) is 10.5 Å². The maximum Gasteiger partial charge on any atom is 0.248 e. The third kappa shape index (κ3) is 2.88. The number of nitrogens with one attached hydrogen (secondary N) is 1. The number of amides is 1. The zero-order valence-corrected chi connectivity index (χ0v) is 12.5. The number of pyridine rings is 1. The summed E-state index contributed by atoms with van der Waals surface area (Å²) in [4.78, 5) is 29.0. The number of primary amides is 1. The summed E-state index contributed by atoms with van der Waals surface area (Å²) in [5.41, 5.74) is 7.07. The van der Waals surface area contributed by atoms with Crippen LogP contribution in [0.2, 0.25) is 0 Å². The number of carbonyl (C=O) groups excluding carboxylic acids is 1. The van der Waals surface area contributed by atoms with Gasteiger partial charge in [-0.05, 0) is 24.6 Å². The lowest BCUT2D eigenvalue weighted by Gasteiger charge is -2.15. The topological polar surface area (TPSA) is 88.4 Å². The van der Waals surface area contributed by atoms with Gasteiger partial charge in [0.05, 0.1) is 6.10 Å². The molecule has 1 aromatic heterocycles. The van der Waals surface area contributed by atoms with Crippen LogP contribution >= 0.6 is 0 Å². The van der Waals surface area contributed by atoms with Crippen molar-refractivity contribution in [3.05, 3.63) is 45.7 Å². The fraction of sp³-hybridized carbons (Fsp3) is 0.375. The first-order valence-electron chi connectivity index (χ1n) is 7.27. The molecule has 1 fully saturated rings. The molecule has 0 unspecified atom stereocenters. The second-order valence-corrected chi connectivity index (χ2v) is 5.66. The lowest BCUT2D eigenvalue weighted by molar-refractivity contribution is 0.100. The molecule has 3 rings (SSSR count). The summed E-state index contributed by atoms with van der Waals surface area (Å²) >= 11 is 0. The van der Waals surface area contributed by atoms with Gasteiger partial charge in [-0.1, -0.05) is 0 Å². The number of hydrogen-bond acceptors (Lipinski definition) is 4. The number of ether oxygens (including phenoxy) is 1. The average molecular weight is 301 g/mol. The van der Waals surface area contributed by atoms with Crippen molar-refractivity contribution in [2.45, 2.75) is 19.1 Å². The lowest BCUT2D eigenvalue weighted by atomic mass is 10.1. The summed E-state index contributed by atoms with van der Waals surface area (Å²) in [7, 11) is 1.72. The van der Waals surface area contributed by atoms with Crippen LogP contribution in [0.4, 0.5) is 0 Å². The Kier molecular flexibility index (Phi) is 3.96. The molecule has 0 spiro atoms. The number of methoxy groups -OCH3 is 1. The van der Waals surface area contributed by atoms with E-state index in [0.29, 0.717) is 17.5 Å². The highest BCUT2D eigenvalue weighted by Gasteiger charge is 2.22. The average Bonchev–Trinajstić information content (AvgIpc) is 2.94. The van der Waals surface area contributed by atoms with Gasteiger partial charge in [0.1, 0.15) is 0 Å². The van der Waals surface area contributed by atoms with E-state index in [9.17, 15) is 9.59 Å². The van der Waals surface area contributed by atoms with E-state index < -0.39 is 5.91 Å². The van der Waals surface area contributed by atoms with Crippen LogP contribution in [0.1, 0.15) is 22.5 Å². The molecule has 3 N–H and O–H groups in total. The molecule has 1 saturated heterocycles. The van der Waals surface area contributed by atoms with E-state index in [1.807, 2.05) is 0 Å². The van der Waals surface area contributed by atoms with Crippen LogP contribution in [-0.2, 0) is 11.3 Å². The van der Waals surface area contributed by atoms with Gasteiger partial charge in [-0.25, -0.2) is 0 Å². The number of nitrogens with two attached hydrogens (primary N) is 1.